The number of ketones is 1. The smallest absolute Gasteiger partial charge is 0.220 e. The highest BCUT2D eigenvalue weighted by molar-refractivity contribution is 8.76. The number of hydrogen-bond acceptors (Lipinski definition) is 7. The van der Waals surface area contributed by atoms with Crippen molar-refractivity contribution in [3.63, 3.8) is 0 Å². The van der Waals surface area contributed by atoms with Gasteiger partial charge >= 0.3 is 0 Å². The van der Waals surface area contributed by atoms with Crippen LogP contribution in [-0.2, 0) is 14.4 Å². The Labute approximate surface area is 138 Å². The van der Waals surface area contributed by atoms with E-state index >= 15 is 0 Å². The molecule has 0 spiro atoms. The standard InChI is InChI=1S/C14H21N3O3S2/c15-20-10-3-9-16-13(19)6-5-12(18)7-11-21-22-14-4-1-2-8-17-14/h1-2,4,8H,3,5-7,9-11,15H2,(H,16,19). The molecule has 0 aromatic carbocycles. The number of carbonyl (C=O) groups excluding carboxylic acids is 2. The lowest BCUT2D eigenvalue weighted by atomic mass is 10.2. The molecular formula is C14H21N3O3S2. The zero-order valence-electron chi connectivity index (χ0n) is 12.3. The van der Waals surface area contributed by atoms with Gasteiger partial charge in [0.2, 0.25) is 5.91 Å². The lowest BCUT2D eigenvalue weighted by molar-refractivity contribution is -0.125. The molecule has 122 valence electrons. The number of carbonyl (C=O) groups is 2. The fourth-order valence-electron chi connectivity index (χ4n) is 1.50. The number of rotatable bonds is 12. The van der Waals surface area contributed by atoms with Crippen LogP contribution in [0.2, 0.25) is 0 Å². The molecule has 6 nitrogen and oxygen atoms in total. The minimum atomic E-state index is -0.110. The Hall–Kier alpha value is -1.09. The first-order valence-corrected chi connectivity index (χ1v) is 9.35. The molecule has 8 heteroatoms. The van der Waals surface area contributed by atoms with Gasteiger partial charge in [-0.15, -0.1) is 0 Å². The van der Waals surface area contributed by atoms with E-state index in [9.17, 15) is 9.59 Å². The molecule has 0 bridgehead atoms. The fraction of sp³-hybridized carbons (Fsp3) is 0.500. The molecule has 0 aliphatic carbocycles. The minimum Gasteiger partial charge on any atom is -0.356 e. The maximum absolute atomic E-state index is 11.7. The topological polar surface area (TPSA) is 94.3 Å². The van der Waals surface area contributed by atoms with E-state index in [1.54, 1.807) is 27.8 Å². The lowest BCUT2D eigenvalue weighted by Gasteiger charge is -2.04. The van der Waals surface area contributed by atoms with Crippen molar-refractivity contribution >= 4 is 33.3 Å². The van der Waals surface area contributed by atoms with Crippen molar-refractivity contribution in [1.29, 1.82) is 0 Å². The third-order valence-corrected chi connectivity index (χ3v) is 4.91. The molecular weight excluding hydrogens is 322 g/mol. The summed E-state index contributed by atoms with van der Waals surface area (Å²) >= 11 is 0. The number of nitrogens with two attached hydrogens (primary N) is 1. The first-order valence-electron chi connectivity index (χ1n) is 7.03. The second-order valence-corrected chi connectivity index (χ2v) is 6.87. The minimum absolute atomic E-state index is 0.106. The molecule has 1 amide bonds. The maximum atomic E-state index is 11.7. The number of amides is 1. The summed E-state index contributed by atoms with van der Waals surface area (Å²) in [5.74, 6) is 5.59. The van der Waals surface area contributed by atoms with Crippen molar-refractivity contribution in [2.45, 2.75) is 30.7 Å². The molecule has 0 unspecified atom stereocenters. The predicted octanol–water partition coefficient (Wildman–Crippen LogP) is 1.96. The number of nitrogens with zero attached hydrogens (tertiary/aromatic N) is 1. The zero-order valence-corrected chi connectivity index (χ0v) is 14.0. The number of pyridine rings is 1. The van der Waals surface area contributed by atoms with Crippen molar-refractivity contribution in [1.82, 2.24) is 10.3 Å². The average molecular weight is 343 g/mol. The zero-order chi connectivity index (χ0) is 16.0. The third kappa shape index (κ3) is 9.78. The Bertz CT molecular complexity index is 446. The highest BCUT2D eigenvalue weighted by atomic mass is 33.1. The molecule has 0 radical (unpaired) electrons. The van der Waals surface area contributed by atoms with E-state index in [4.69, 9.17) is 5.90 Å². The van der Waals surface area contributed by atoms with Crippen molar-refractivity contribution < 1.29 is 14.4 Å². The van der Waals surface area contributed by atoms with E-state index in [2.05, 4.69) is 15.1 Å². The van der Waals surface area contributed by atoms with Gasteiger partial charge in [-0.1, -0.05) is 16.9 Å². The molecule has 22 heavy (non-hydrogen) atoms. The summed E-state index contributed by atoms with van der Waals surface area (Å²) < 4.78 is 0. The summed E-state index contributed by atoms with van der Waals surface area (Å²) in [5, 5.41) is 3.65. The van der Waals surface area contributed by atoms with Gasteiger partial charge in [0.15, 0.2) is 0 Å². The summed E-state index contributed by atoms with van der Waals surface area (Å²) in [5.41, 5.74) is 0. The van der Waals surface area contributed by atoms with Crippen LogP contribution in [0.3, 0.4) is 0 Å². The summed E-state index contributed by atoms with van der Waals surface area (Å²) in [6.45, 7) is 0.922. The van der Waals surface area contributed by atoms with Gasteiger partial charge in [0.1, 0.15) is 10.8 Å². The monoisotopic (exact) mass is 343 g/mol. The number of Topliss-reactive ketones (excluding diaryl/α,β-unsaturated/α-hetero) is 1. The summed E-state index contributed by atoms with van der Waals surface area (Å²) in [6, 6.07) is 5.73. The second kappa shape index (κ2) is 12.5. The Morgan fingerprint density at radius 1 is 1.27 bits per heavy atom. The molecule has 0 saturated heterocycles. The van der Waals surface area contributed by atoms with Crippen molar-refractivity contribution in [3.8, 4) is 0 Å². The first-order chi connectivity index (χ1) is 10.7. The average Bonchev–Trinajstić information content (AvgIpc) is 2.55. The van der Waals surface area contributed by atoms with Crippen molar-refractivity contribution in [3.05, 3.63) is 24.4 Å². The Balaban J connectivity index is 2.00. The SMILES string of the molecule is NOCCCNC(=O)CCC(=O)CCSSc1ccccn1. The predicted molar refractivity (Wildman–Crippen MR) is 89.2 cm³/mol. The van der Waals surface area contributed by atoms with E-state index in [0.29, 0.717) is 26.0 Å². The van der Waals surface area contributed by atoms with Gasteiger partial charge in [-0.05, 0) is 29.3 Å². The van der Waals surface area contributed by atoms with Crippen LogP contribution in [0.1, 0.15) is 25.7 Å². The van der Waals surface area contributed by atoms with Gasteiger partial charge in [0, 0.05) is 37.8 Å². The molecule has 0 saturated carbocycles. The second-order valence-electron chi connectivity index (χ2n) is 4.44. The van der Waals surface area contributed by atoms with E-state index < -0.39 is 0 Å². The van der Waals surface area contributed by atoms with E-state index in [-0.39, 0.29) is 24.5 Å². The van der Waals surface area contributed by atoms with Crippen LogP contribution in [0.4, 0.5) is 0 Å². The van der Waals surface area contributed by atoms with Crippen LogP contribution in [0.5, 0.6) is 0 Å². The molecule has 1 aromatic rings. The molecule has 1 heterocycles. The van der Waals surface area contributed by atoms with Gasteiger partial charge in [-0.3, -0.25) is 9.59 Å². The molecule has 0 aliphatic rings. The lowest BCUT2D eigenvalue weighted by Crippen LogP contribution is -2.25. The number of aromatic nitrogens is 1. The van der Waals surface area contributed by atoms with E-state index in [1.165, 1.54) is 0 Å². The van der Waals surface area contributed by atoms with Crippen molar-refractivity contribution in [2.24, 2.45) is 5.90 Å². The highest BCUT2D eigenvalue weighted by Gasteiger charge is 2.07. The van der Waals surface area contributed by atoms with Crippen LogP contribution in [0, 0.1) is 0 Å². The summed E-state index contributed by atoms with van der Waals surface area (Å²) in [6.07, 6.45) is 3.40. The molecule has 3 N–H and O–H groups in total. The highest BCUT2D eigenvalue weighted by Crippen LogP contribution is 2.29. The van der Waals surface area contributed by atoms with Crippen LogP contribution < -0.4 is 11.2 Å². The van der Waals surface area contributed by atoms with E-state index in [1.807, 2.05) is 18.2 Å². The molecule has 0 aliphatic heterocycles. The number of nitrogens with one attached hydrogen (secondary N) is 1. The van der Waals surface area contributed by atoms with Crippen molar-refractivity contribution in [2.75, 3.05) is 18.9 Å². The van der Waals surface area contributed by atoms with E-state index in [0.717, 1.165) is 10.8 Å². The molecule has 0 atom stereocenters. The van der Waals surface area contributed by atoms with Gasteiger partial charge in [-0.25, -0.2) is 10.9 Å². The largest absolute Gasteiger partial charge is 0.356 e. The van der Waals surface area contributed by atoms with Gasteiger partial charge in [-0.2, -0.15) is 0 Å². The normalized spacial score (nSPS) is 10.4. The van der Waals surface area contributed by atoms with Crippen LogP contribution >= 0.6 is 21.6 Å². The maximum Gasteiger partial charge on any atom is 0.220 e. The first kappa shape index (κ1) is 19.0. The molecule has 1 aromatic heterocycles. The van der Waals surface area contributed by atoms with Gasteiger partial charge < -0.3 is 10.2 Å². The molecule has 0 fully saturated rings. The van der Waals surface area contributed by atoms with Crippen LogP contribution in [-0.4, -0.2) is 35.6 Å². The Morgan fingerprint density at radius 3 is 2.86 bits per heavy atom. The Kier molecular flexibility index (Phi) is 10.7. The summed E-state index contributed by atoms with van der Waals surface area (Å²) in [4.78, 5) is 31.7. The number of hydrogen-bond donors (Lipinski definition) is 2. The molecule has 1 rings (SSSR count). The van der Waals surface area contributed by atoms with Gasteiger partial charge in [0.25, 0.3) is 0 Å². The Morgan fingerprint density at radius 2 is 2.14 bits per heavy atom. The van der Waals surface area contributed by atoms with Crippen LogP contribution in [0.25, 0.3) is 0 Å². The quantitative estimate of drug-likeness (QED) is 0.340. The fourth-order valence-corrected chi connectivity index (χ4v) is 3.41. The van der Waals surface area contributed by atoms with Crippen LogP contribution in [0.15, 0.2) is 29.4 Å². The third-order valence-electron chi connectivity index (χ3n) is 2.64. The summed E-state index contributed by atoms with van der Waals surface area (Å²) in [7, 11) is 3.15. The van der Waals surface area contributed by atoms with Gasteiger partial charge in [0.05, 0.1) is 6.61 Å².